The van der Waals surface area contributed by atoms with Gasteiger partial charge in [-0.25, -0.2) is 0 Å². The second kappa shape index (κ2) is 4.60. The first-order valence-electron chi connectivity index (χ1n) is 6.97. The lowest BCUT2D eigenvalue weighted by molar-refractivity contribution is 0.460. The maximum absolute atomic E-state index is 4.67. The van der Waals surface area contributed by atoms with Gasteiger partial charge in [0.2, 0.25) is 0 Å². The van der Waals surface area contributed by atoms with E-state index in [2.05, 4.69) is 46.6 Å². The molecule has 1 heterocycles. The molecule has 2 aromatic carbocycles. The molecule has 3 aromatic rings. The Labute approximate surface area is 117 Å². The summed E-state index contributed by atoms with van der Waals surface area (Å²) in [6.45, 7) is 0. The number of rotatable bonds is 2. The van der Waals surface area contributed by atoms with E-state index >= 15 is 0 Å². The Hall–Kier alpha value is -2.42. The van der Waals surface area contributed by atoms with Crippen LogP contribution in [0.25, 0.3) is 11.3 Å². The SMILES string of the molecule is c1ccc(-c2cnn(C3CCc4ccccc43)n2)cc1. The fourth-order valence-electron chi connectivity index (χ4n) is 2.94. The number of aryl methyl sites for hydroxylation is 1. The fraction of sp³-hybridized carbons (Fsp3) is 0.176. The topological polar surface area (TPSA) is 30.7 Å². The summed E-state index contributed by atoms with van der Waals surface area (Å²) in [5.74, 6) is 0. The second-order valence-corrected chi connectivity index (χ2v) is 5.17. The molecule has 1 aliphatic carbocycles. The van der Waals surface area contributed by atoms with Crippen LogP contribution in [0, 0.1) is 0 Å². The highest BCUT2D eigenvalue weighted by atomic mass is 15.5. The molecule has 0 radical (unpaired) electrons. The molecule has 20 heavy (non-hydrogen) atoms. The molecule has 0 aliphatic heterocycles. The number of hydrogen-bond donors (Lipinski definition) is 0. The summed E-state index contributed by atoms with van der Waals surface area (Å²) in [5, 5.41) is 9.15. The number of aromatic nitrogens is 3. The minimum atomic E-state index is 0.281. The number of hydrogen-bond acceptors (Lipinski definition) is 2. The summed E-state index contributed by atoms with van der Waals surface area (Å²) >= 11 is 0. The van der Waals surface area contributed by atoms with Gasteiger partial charge in [-0.15, -0.1) is 0 Å². The van der Waals surface area contributed by atoms with E-state index < -0.39 is 0 Å². The van der Waals surface area contributed by atoms with Gasteiger partial charge in [-0.05, 0) is 24.0 Å². The van der Waals surface area contributed by atoms with Gasteiger partial charge in [0, 0.05) is 5.56 Å². The molecule has 1 aliphatic rings. The first-order valence-corrected chi connectivity index (χ1v) is 6.97. The van der Waals surface area contributed by atoms with E-state index in [4.69, 9.17) is 0 Å². The van der Waals surface area contributed by atoms with Crippen LogP contribution in [0.2, 0.25) is 0 Å². The lowest BCUT2D eigenvalue weighted by Gasteiger charge is -2.10. The van der Waals surface area contributed by atoms with Gasteiger partial charge in [0.15, 0.2) is 0 Å². The Morgan fingerprint density at radius 3 is 2.65 bits per heavy atom. The molecule has 4 rings (SSSR count). The highest BCUT2D eigenvalue weighted by Crippen LogP contribution is 2.33. The predicted octanol–water partition coefficient (Wildman–Crippen LogP) is 3.48. The molecular weight excluding hydrogens is 246 g/mol. The standard InChI is InChI=1S/C17H15N3/c1-2-7-14(8-3-1)16-12-18-20(19-16)17-11-10-13-6-4-5-9-15(13)17/h1-9,12,17H,10-11H2. The van der Waals surface area contributed by atoms with E-state index in [9.17, 15) is 0 Å². The van der Waals surface area contributed by atoms with Crippen molar-refractivity contribution in [3.05, 3.63) is 71.9 Å². The zero-order chi connectivity index (χ0) is 13.4. The predicted molar refractivity (Wildman–Crippen MR) is 78.4 cm³/mol. The van der Waals surface area contributed by atoms with Crippen LogP contribution < -0.4 is 0 Å². The molecule has 1 atom stereocenters. The number of benzene rings is 2. The van der Waals surface area contributed by atoms with E-state index in [0.717, 1.165) is 24.1 Å². The van der Waals surface area contributed by atoms with Gasteiger partial charge in [0.1, 0.15) is 5.69 Å². The molecule has 0 fully saturated rings. The number of fused-ring (bicyclic) bond motifs is 1. The summed E-state index contributed by atoms with van der Waals surface area (Å²) < 4.78 is 0. The van der Waals surface area contributed by atoms with E-state index in [-0.39, 0.29) is 6.04 Å². The molecule has 0 N–H and O–H groups in total. The Kier molecular flexibility index (Phi) is 2.62. The molecule has 1 unspecified atom stereocenters. The average molecular weight is 261 g/mol. The summed E-state index contributed by atoms with van der Waals surface area (Å²) in [5.41, 5.74) is 4.85. The van der Waals surface area contributed by atoms with E-state index in [1.165, 1.54) is 11.1 Å². The third kappa shape index (κ3) is 1.83. The average Bonchev–Trinajstić information content (AvgIpc) is 3.14. The van der Waals surface area contributed by atoms with Gasteiger partial charge in [-0.3, -0.25) is 0 Å². The Bertz CT molecular complexity index is 731. The van der Waals surface area contributed by atoms with Crippen molar-refractivity contribution >= 4 is 0 Å². The Morgan fingerprint density at radius 1 is 0.950 bits per heavy atom. The van der Waals surface area contributed by atoms with Crippen LogP contribution in [0.5, 0.6) is 0 Å². The molecule has 3 nitrogen and oxygen atoms in total. The van der Waals surface area contributed by atoms with Crippen LogP contribution >= 0.6 is 0 Å². The monoisotopic (exact) mass is 261 g/mol. The molecule has 1 aromatic heterocycles. The van der Waals surface area contributed by atoms with Gasteiger partial charge >= 0.3 is 0 Å². The molecule has 0 spiro atoms. The Balaban J connectivity index is 1.70. The van der Waals surface area contributed by atoms with Crippen LogP contribution in [-0.4, -0.2) is 15.0 Å². The number of nitrogens with zero attached hydrogens (tertiary/aromatic N) is 3. The summed E-state index contributed by atoms with van der Waals surface area (Å²) in [4.78, 5) is 1.87. The molecular formula is C17H15N3. The van der Waals surface area contributed by atoms with Gasteiger partial charge in [0.25, 0.3) is 0 Å². The van der Waals surface area contributed by atoms with E-state index in [0.29, 0.717) is 0 Å². The fourth-order valence-corrected chi connectivity index (χ4v) is 2.94. The molecule has 0 bridgehead atoms. The van der Waals surface area contributed by atoms with Crippen molar-refractivity contribution in [2.75, 3.05) is 0 Å². The van der Waals surface area contributed by atoms with Gasteiger partial charge in [0.05, 0.1) is 12.2 Å². The van der Waals surface area contributed by atoms with Crippen LogP contribution in [0.4, 0.5) is 0 Å². The third-order valence-corrected chi connectivity index (χ3v) is 3.96. The van der Waals surface area contributed by atoms with Gasteiger partial charge in [-0.1, -0.05) is 54.6 Å². The van der Waals surface area contributed by atoms with Crippen molar-refractivity contribution in [1.29, 1.82) is 0 Å². The first kappa shape index (κ1) is 11.4. The Morgan fingerprint density at radius 2 is 1.75 bits per heavy atom. The molecule has 0 saturated carbocycles. The highest BCUT2D eigenvalue weighted by Gasteiger charge is 2.25. The van der Waals surface area contributed by atoms with Gasteiger partial charge < -0.3 is 0 Å². The van der Waals surface area contributed by atoms with Crippen LogP contribution in [0.1, 0.15) is 23.6 Å². The highest BCUT2D eigenvalue weighted by molar-refractivity contribution is 5.57. The lowest BCUT2D eigenvalue weighted by Crippen LogP contribution is -2.10. The largest absolute Gasteiger partial charge is 0.177 e. The van der Waals surface area contributed by atoms with Gasteiger partial charge in [-0.2, -0.15) is 15.0 Å². The van der Waals surface area contributed by atoms with Crippen LogP contribution in [-0.2, 0) is 6.42 Å². The van der Waals surface area contributed by atoms with Crippen molar-refractivity contribution in [1.82, 2.24) is 15.0 Å². The zero-order valence-electron chi connectivity index (χ0n) is 11.1. The van der Waals surface area contributed by atoms with Crippen molar-refractivity contribution in [3.8, 4) is 11.3 Å². The minimum absolute atomic E-state index is 0.281. The maximum Gasteiger partial charge on any atom is 0.113 e. The first-order chi connectivity index (χ1) is 9.92. The molecule has 0 amide bonds. The van der Waals surface area contributed by atoms with Crippen molar-refractivity contribution in [2.45, 2.75) is 18.9 Å². The van der Waals surface area contributed by atoms with Crippen molar-refractivity contribution < 1.29 is 0 Å². The van der Waals surface area contributed by atoms with Crippen molar-refractivity contribution in [3.63, 3.8) is 0 Å². The third-order valence-electron chi connectivity index (χ3n) is 3.96. The molecule has 0 saturated heterocycles. The molecule has 3 heteroatoms. The van der Waals surface area contributed by atoms with E-state index in [1.54, 1.807) is 0 Å². The lowest BCUT2D eigenvalue weighted by atomic mass is 10.1. The molecule has 98 valence electrons. The van der Waals surface area contributed by atoms with Crippen LogP contribution in [0.3, 0.4) is 0 Å². The van der Waals surface area contributed by atoms with Crippen LogP contribution in [0.15, 0.2) is 60.8 Å². The zero-order valence-corrected chi connectivity index (χ0v) is 11.1. The summed E-state index contributed by atoms with van der Waals surface area (Å²) in [6.07, 6.45) is 4.06. The van der Waals surface area contributed by atoms with E-state index in [1.807, 2.05) is 29.2 Å². The quantitative estimate of drug-likeness (QED) is 0.707. The summed E-state index contributed by atoms with van der Waals surface area (Å²) in [6, 6.07) is 19.1. The summed E-state index contributed by atoms with van der Waals surface area (Å²) in [7, 11) is 0. The smallest absolute Gasteiger partial charge is 0.113 e. The second-order valence-electron chi connectivity index (χ2n) is 5.17. The minimum Gasteiger partial charge on any atom is -0.177 e. The van der Waals surface area contributed by atoms with Crippen molar-refractivity contribution in [2.24, 2.45) is 0 Å². The maximum atomic E-state index is 4.67. The normalized spacial score (nSPS) is 17.1.